The molecule has 19 heavy (non-hydrogen) atoms. The number of nitrogens with one attached hydrogen (secondary N) is 1. The van der Waals surface area contributed by atoms with Crippen LogP contribution in [-0.4, -0.2) is 16.7 Å². The lowest BCUT2D eigenvalue weighted by Gasteiger charge is -2.21. The first-order valence-electron chi connectivity index (χ1n) is 6.99. The molecule has 1 unspecified atom stereocenters. The molecule has 1 aromatic carbocycles. The van der Waals surface area contributed by atoms with Gasteiger partial charge in [-0.15, -0.1) is 0 Å². The molecule has 0 aliphatic heterocycles. The van der Waals surface area contributed by atoms with Gasteiger partial charge in [0.25, 0.3) is 0 Å². The third-order valence-electron chi connectivity index (χ3n) is 4.41. The number of rotatable bonds is 3. The smallest absolute Gasteiger partial charge is 0.178 e. The topological polar surface area (TPSA) is 29.9 Å². The van der Waals surface area contributed by atoms with E-state index in [-0.39, 0.29) is 0 Å². The van der Waals surface area contributed by atoms with Gasteiger partial charge in [-0.25, -0.2) is 0 Å². The predicted molar refractivity (Wildman–Crippen MR) is 80.3 cm³/mol. The molecular weight excluding hydrogens is 256 g/mol. The molecule has 2 aromatic rings. The van der Waals surface area contributed by atoms with Crippen molar-refractivity contribution in [2.75, 3.05) is 7.11 Å². The molecular formula is C15H20N2OS. The van der Waals surface area contributed by atoms with Gasteiger partial charge >= 0.3 is 0 Å². The van der Waals surface area contributed by atoms with Crippen molar-refractivity contribution in [3.05, 3.63) is 23.0 Å². The number of hydrogen-bond donors (Lipinski definition) is 1. The van der Waals surface area contributed by atoms with E-state index in [0.717, 1.165) is 27.5 Å². The number of imidazole rings is 1. The average molecular weight is 276 g/mol. The molecule has 4 heteroatoms. The van der Waals surface area contributed by atoms with Gasteiger partial charge < -0.3 is 14.3 Å². The highest BCUT2D eigenvalue weighted by Crippen LogP contribution is 2.36. The van der Waals surface area contributed by atoms with Crippen molar-refractivity contribution >= 4 is 23.3 Å². The zero-order valence-corrected chi connectivity index (χ0v) is 12.3. The van der Waals surface area contributed by atoms with E-state index in [2.05, 4.69) is 22.5 Å². The first-order valence-corrected chi connectivity index (χ1v) is 7.40. The molecule has 1 fully saturated rings. The lowest BCUT2D eigenvalue weighted by molar-refractivity contribution is 0.364. The van der Waals surface area contributed by atoms with Crippen LogP contribution in [0.15, 0.2) is 18.2 Å². The second kappa shape index (κ2) is 5.00. The van der Waals surface area contributed by atoms with Gasteiger partial charge in [0, 0.05) is 12.1 Å². The Labute approximate surface area is 118 Å². The molecule has 1 N–H and O–H groups in total. The number of methoxy groups -OCH3 is 1. The minimum absolute atomic E-state index is 0.454. The highest BCUT2D eigenvalue weighted by molar-refractivity contribution is 7.71. The van der Waals surface area contributed by atoms with Crippen LogP contribution in [0.1, 0.15) is 38.6 Å². The monoisotopic (exact) mass is 276 g/mol. The van der Waals surface area contributed by atoms with Gasteiger partial charge in [0.2, 0.25) is 0 Å². The summed E-state index contributed by atoms with van der Waals surface area (Å²) < 4.78 is 8.42. The summed E-state index contributed by atoms with van der Waals surface area (Å²) in [6.45, 7) is 2.29. The van der Waals surface area contributed by atoms with Gasteiger partial charge in [0.05, 0.1) is 18.1 Å². The van der Waals surface area contributed by atoms with E-state index in [9.17, 15) is 0 Å². The van der Waals surface area contributed by atoms with Crippen molar-refractivity contribution in [2.45, 2.75) is 38.6 Å². The van der Waals surface area contributed by atoms with Gasteiger partial charge in [-0.1, -0.05) is 12.8 Å². The van der Waals surface area contributed by atoms with Gasteiger partial charge in [-0.3, -0.25) is 0 Å². The fourth-order valence-electron chi connectivity index (χ4n) is 3.28. The lowest BCUT2D eigenvalue weighted by Crippen LogP contribution is -2.14. The van der Waals surface area contributed by atoms with Gasteiger partial charge in [-0.05, 0) is 50.0 Å². The fourth-order valence-corrected chi connectivity index (χ4v) is 3.66. The number of benzene rings is 1. The zero-order valence-electron chi connectivity index (χ0n) is 11.5. The quantitative estimate of drug-likeness (QED) is 0.839. The molecule has 1 heterocycles. The lowest BCUT2D eigenvalue weighted by atomic mass is 9.99. The van der Waals surface area contributed by atoms with Crippen molar-refractivity contribution < 1.29 is 4.74 Å². The Morgan fingerprint density at radius 3 is 2.79 bits per heavy atom. The summed E-state index contributed by atoms with van der Waals surface area (Å²) >= 11 is 5.51. The molecule has 0 saturated heterocycles. The Morgan fingerprint density at radius 2 is 2.11 bits per heavy atom. The van der Waals surface area contributed by atoms with Crippen molar-refractivity contribution in [1.29, 1.82) is 0 Å². The number of H-pyrrole nitrogens is 1. The minimum Gasteiger partial charge on any atom is -0.497 e. The van der Waals surface area contributed by atoms with E-state index in [1.807, 2.05) is 12.1 Å². The van der Waals surface area contributed by atoms with Crippen LogP contribution in [0, 0.1) is 10.7 Å². The Bertz CT molecular complexity index is 637. The SMILES string of the molecule is COc1ccc2[nH]c(=S)n(C(C)C3CCCC3)c2c1. The molecule has 0 spiro atoms. The first-order chi connectivity index (χ1) is 9.20. The fraction of sp³-hybridized carbons (Fsp3) is 0.533. The molecule has 0 bridgehead atoms. The molecule has 1 aromatic heterocycles. The second-order valence-electron chi connectivity index (χ2n) is 5.47. The second-order valence-corrected chi connectivity index (χ2v) is 5.86. The number of nitrogens with zero attached hydrogens (tertiary/aromatic N) is 1. The molecule has 1 saturated carbocycles. The van der Waals surface area contributed by atoms with E-state index in [4.69, 9.17) is 17.0 Å². The molecule has 1 aliphatic rings. The maximum atomic E-state index is 5.51. The van der Waals surface area contributed by atoms with E-state index >= 15 is 0 Å². The first kappa shape index (κ1) is 12.7. The molecule has 102 valence electrons. The summed E-state index contributed by atoms with van der Waals surface area (Å²) in [6, 6.07) is 6.54. The summed E-state index contributed by atoms with van der Waals surface area (Å²) in [6.07, 6.45) is 5.35. The minimum atomic E-state index is 0.454. The Morgan fingerprint density at radius 1 is 1.37 bits per heavy atom. The maximum Gasteiger partial charge on any atom is 0.178 e. The average Bonchev–Trinajstić information content (AvgIpc) is 3.03. The predicted octanol–water partition coefficient (Wildman–Crippen LogP) is 4.46. The number of hydrogen-bond acceptors (Lipinski definition) is 2. The molecule has 1 aliphatic carbocycles. The van der Waals surface area contributed by atoms with Crippen LogP contribution in [0.4, 0.5) is 0 Å². The van der Waals surface area contributed by atoms with Crippen LogP contribution in [0.5, 0.6) is 5.75 Å². The van der Waals surface area contributed by atoms with E-state index in [1.54, 1.807) is 7.11 Å². The van der Waals surface area contributed by atoms with Crippen molar-refractivity contribution in [3.8, 4) is 5.75 Å². The third kappa shape index (κ3) is 2.18. The van der Waals surface area contributed by atoms with E-state index in [1.165, 1.54) is 25.7 Å². The summed E-state index contributed by atoms with van der Waals surface area (Å²) in [5, 5.41) is 0. The molecule has 1 atom stereocenters. The van der Waals surface area contributed by atoms with Crippen LogP contribution >= 0.6 is 12.2 Å². The molecule has 0 radical (unpaired) electrons. The molecule has 3 nitrogen and oxygen atoms in total. The Balaban J connectivity index is 2.10. The van der Waals surface area contributed by atoms with Gasteiger partial charge in [0.1, 0.15) is 5.75 Å². The summed E-state index contributed by atoms with van der Waals surface area (Å²) in [5.41, 5.74) is 2.25. The number of aromatic nitrogens is 2. The summed E-state index contributed by atoms with van der Waals surface area (Å²) in [4.78, 5) is 3.30. The van der Waals surface area contributed by atoms with Gasteiger partial charge in [0.15, 0.2) is 4.77 Å². The standard InChI is InChI=1S/C15H20N2OS/c1-10(11-5-3-4-6-11)17-14-9-12(18-2)7-8-13(14)16-15(17)19/h7-11H,3-6H2,1-2H3,(H,16,19). The van der Waals surface area contributed by atoms with Gasteiger partial charge in [-0.2, -0.15) is 0 Å². The van der Waals surface area contributed by atoms with Crippen LogP contribution in [0.25, 0.3) is 11.0 Å². The van der Waals surface area contributed by atoms with Crippen molar-refractivity contribution in [2.24, 2.45) is 5.92 Å². The van der Waals surface area contributed by atoms with Crippen LogP contribution in [0.3, 0.4) is 0 Å². The summed E-state index contributed by atoms with van der Waals surface area (Å²) in [7, 11) is 1.70. The van der Waals surface area contributed by atoms with E-state index < -0.39 is 0 Å². The largest absolute Gasteiger partial charge is 0.497 e. The summed E-state index contributed by atoms with van der Waals surface area (Å²) in [5.74, 6) is 1.63. The Kier molecular flexibility index (Phi) is 3.35. The van der Waals surface area contributed by atoms with Crippen LogP contribution < -0.4 is 4.74 Å². The zero-order chi connectivity index (χ0) is 13.4. The van der Waals surface area contributed by atoms with Crippen molar-refractivity contribution in [1.82, 2.24) is 9.55 Å². The highest BCUT2D eigenvalue weighted by atomic mass is 32.1. The normalized spacial score (nSPS) is 18.0. The number of fused-ring (bicyclic) bond motifs is 1. The van der Waals surface area contributed by atoms with E-state index in [0.29, 0.717) is 6.04 Å². The maximum absolute atomic E-state index is 5.51. The third-order valence-corrected chi connectivity index (χ3v) is 4.71. The number of ether oxygens (including phenoxy) is 1. The number of aromatic amines is 1. The highest BCUT2D eigenvalue weighted by Gasteiger charge is 2.24. The van der Waals surface area contributed by atoms with Crippen LogP contribution in [0.2, 0.25) is 0 Å². The molecule has 3 rings (SSSR count). The Hall–Kier alpha value is -1.29. The molecule has 0 amide bonds. The van der Waals surface area contributed by atoms with Crippen LogP contribution in [-0.2, 0) is 0 Å². The van der Waals surface area contributed by atoms with Crippen molar-refractivity contribution in [3.63, 3.8) is 0 Å².